The van der Waals surface area contributed by atoms with E-state index >= 15 is 0 Å². The summed E-state index contributed by atoms with van der Waals surface area (Å²) in [6, 6.07) is 16.7. The number of Topliss-reactive ketones (excluding diaryl/α,β-unsaturated/α-hetero) is 1. The van der Waals surface area contributed by atoms with Crippen molar-refractivity contribution < 1.29 is 4.79 Å². The van der Waals surface area contributed by atoms with Crippen LogP contribution >= 0.6 is 27.7 Å². The van der Waals surface area contributed by atoms with Crippen molar-refractivity contribution in [3.05, 3.63) is 64.1 Å². The van der Waals surface area contributed by atoms with Crippen molar-refractivity contribution in [2.24, 2.45) is 0 Å². The van der Waals surface area contributed by atoms with Crippen molar-refractivity contribution in [1.29, 1.82) is 5.26 Å². The number of benzene rings is 2. The number of hydrogen-bond acceptors (Lipinski definition) is 3. The number of hydrogen-bond donors (Lipinski definition) is 0. The number of halogens is 1. The second kappa shape index (κ2) is 6.74. The molecule has 0 aliphatic heterocycles. The lowest BCUT2D eigenvalue weighted by Crippen LogP contribution is -2.11. The van der Waals surface area contributed by atoms with Crippen molar-refractivity contribution in [3.8, 4) is 6.07 Å². The summed E-state index contributed by atoms with van der Waals surface area (Å²) >= 11 is 4.98. The highest BCUT2D eigenvalue weighted by Crippen LogP contribution is 2.24. The van der Waals surface area contributed by atoms with Crippen molar-refractivity contribution in [3.63, 3.8) is 0 Å². The quantitative estimate of drug-likeness (QED) is 0.597. The minimum atomic E-state index is -0.771. The molecule has 0 aromatic heterocycles. The number of nitriles is 1. The Labute approximate surface area is 130 Å². The van der Waals surface area contributed by atoms with E-state index in [0.29, 0.717) is 11.1 Å². The number of carbonyl (C=O) groups excluding carboxylic acids is 1. The van der Waals surface area contributed by atoms with E-state index in [4.69, 9.17) is 0 Å². The molecule has 4 heteroatoms. The maximum atomic E-state index is 12.4. The lowest BCUT2D eigenvalue weighted by Gasteiger charge is -2.09. The summed E-state index contributed by atoms with van der Waals surface area (Å²) in [7, 11) is 0. The zero-order valence-corrected chi connectivity index (χ0v) is 13.2. The zero-order valence-electron chi connectivity index (χ0n) is 10.8. The lowest BCUT2D eigenvalue weighted by molar-refractivity contribution is 0.0979. The Kier molecular flexibility index (Phi) is 4.99. The smallest absolute Gasteiger partial charge is 0.184 e. The molecule has 0 radical (unpaired) electrons. The SMILES string of the molecule is CSc1ccc(C(=O)C(C#N)c2cccc(Br)c2)cc1. The Balaban J connectivity index is 2.31. The van der Waals surface area contributed by atoms with Gasteiger partial charge in [-0.05, 0) is 36.1 Å². The second-order valence-corrected chi connectivity index (χ2v) is 6.01. The molecule has 20 heavy (non-hydrogen) atoms. The monoisotopic (exact) mass is 345 g/mol. The third-order valence-corrected chi connectivity index (χ3v) is 4.18. The molecule has 1 unspecified atom stereocenters. The van der Waals surface area contributed by atoms with Crippen LogP contribution in [0.5, 0.6) is 0 Å². The van der Waals surface area contributed by atoms with E-state index < -0.39 is 5.92 Å². The largest absolute Gasteiger partial charge is 0.292 e. The fourth-order valence-corrected chi connectivity index (χ4v) is 2.72. The van der Waals surface area contributed by atoms with E-state index in [9.17, 15) is 10.1 Å². The highest BCUT2D eigenvalue weighted by atomic mass is 79.9. The molecule has 0 aliphatic rings. The number of ketones is 1. The zero-order chi connectivity index (χ0) is 14.5. The molecule has 0 aliphatic carbocycles. The van der Waals surface area contributed by atoms with Crippen LogP contribution in [0.4, 0.5) is 0 Å². The Hall–Kier alpha value is -1.57. The van der Waals surface area contributed by atoms with E-state index in [1.54, 1.807) is 30.0 Å². The highest BCUT2D eigenvalue weighted by Gasteiger charge is 2.21. The normalized spacial score (nSPS) is 11.7. The molecule has 100 valence electrons. The summed E-state index contributed by atoms with van der Waals surface area (Å²) in [5.74, 6) is -0.939. The summed E-state index contributed by atoms with van der Waals surface area (Å²) in [5, 5.41) is 9.31. The molecule has 2 nitrogen and oxygen atoms in total. The highest BCUT2D eigenvalue weighted by molar-refractivity contribution is 9.10. The molecule has 2 aromatic carbocycles. The van der Waals surface area contributed by atoms with Gasteiger partial charge in [0.05, 0.1) is 6.07 Å². The average Bonchev–Trinajstić information content (AvgIpc) is 2.48. The first-order valence-electron chi connectivity index (χ1n) is 5.99. The summed E-state index contributed by atoms with van der Waals surface area (Å²) in [6.07, 6.45) is 1.98. The molecule has 2 aromatic rings. The van der Waals surface area contributed by atoms with Crippen LogP contribution in [-0.4, -0.2) is 12.0 Å². The molecule has 0 N–H and O–H groups in total. The van der Waals surface area contributed by atoms with Gasteiger partial charge in [0.1, 0.15) is 5.92 Å². The molecule has 0 saturated carbocycles. The molecule has 0 spiro atoms. The molecule has 0 saturated heterocycles. The predicted molar refractivity (Wildman–Crippen MR) is 85.0 cm³/mol. The Bertz CT molecular complexity index is 661. The van der Waals surface area contributed by atoms with Gasteiger partial charge >= 0.3 is 0 Å². The number of rotatable bonds is 4. The van der Waals surface area contributed by atoms with Gasteiger partial charge in [0.25, 0.3) is 0 Å². The van der Waals surface area contributed by atoms with Gasteiger partial charge in [-0.15, -0.1) is 11.8 Å². The van der Waals surface area contributed by atoms with Gasteiger partial charge in [-0.25, -0.2) is 0 Å². The van der Waals surface area contributed by atoms with E-state index in [0.717, 1.165) is 9.37 Å². The molecular weight excluding hydrogens is 334 g/mol. The molecule has 2 rings (SSSR count). The van der Waals surface area contributed by atoms with Crippen LogP contribution in [0.25, 0.3) is 0 Å². The summed E-state index contributed by atoms with van der Waals surface area (Å²) in [5.41, 5.74) is 1.27. The molecule has 0 amide bonds. The van der Waals surface area contributed by atoms with Crippen molar-refractivity contribution in [2.75, 3.05) is 6.26 Å². The first-order chi connectivity index (χ1) is 9.65. The van der Waals surface area contributed by atoms with Gasteiger partial charge < -0.3 is 0 Å². The lowest BCUT2D eigenvalue weighted by atomic mass is 9.92. The van der Waals surface area contributed by atoms with Crippen LogP contribution in [-0.2, 0) is 0 Å². The average molecular weight is 346 g/mol. The van der Waals surface area contributed by atoms with Gasteiger partial charge in [0, 0.05) is 14.9 Å². The fraction of sp³-hybridized carbons (Fsp3) is 0.125. The number of nitrogens with zero attached hydrogens (tertiary/aromatic N) is 1. The van der Waals surface area contributed by atoms with E-state index in [-0.39, 0.29) is 5.78 Å². The summed E-state index contributed by atoms with van der Waals surface area (Å²) in [4.78, 5) is 13.5. The van der Waals surface area contributed by atoms with Crippen LogP contribution in [0, 0.1) is 11.3 Å². The third kappa shape index (κ3) is 3.30. The van der Waals surface area contributed by atoms with E-state index in [1.807, 2.05) is 36.6 Å². The first kappa shape index (κ1) is 14.8. The van der Waals surface area contributed by atoms with Gasteiger partial charge in [-0.3, -0.25) is 4.79 Å². The molecule has 1 atom stereocenters. The van der Waals surface area contributed by atoms with Crippen LogP contribution in [0.1, 0.15) is 21.8 Å². The first-order valence-corrected chi connectivity index (χ1v) is 8.01. The maximum Gasteiger partial charge on any atom is 0.184 e. The topological polar surface area (TPSA) is 40.9 Å². The predicted octanol–water partition coefficient (Wildman–Crippen LogP) is 4.66. The van der Waals surface area contributed by atoms with Gasteiger partial charge in [0.2, 0.25) is 0 Å². The minimum Gasteiger partial charge on any atom is -0.292 e. The molecule has 0 bridgehead atoms. The van der Waals surface area contributed by atoms with Gasteiger partial charge in [-0.2, -0.15) is 5.26 Å². The van der Waals surface area contributed by atoms with Crippen molar-refractivity contribution in [2.45, 2.75) is 10.8 Å². The maximum absolute atomic E-state index is 12.4. The van der Waals surface area contributed by atoms with Crippen LogP contribution in [0.15, 0.2) is 57.9 Å². The van der Waals surface area contributed by atoms with E-state index in [1.165, 1.54) is 0 Å². The van der Waals surface area contributed by atoms with E-state index in [2.05, 4.69) is 22.0 Å². The fourth-order valence-electron chi connectivity index (χ4n) is 1.89. The Morgan fingerprint density at radius 3 is 2.50 bits per heavy atom. The van der Waals surface area contributed by atoms with Gasteiger partial charge in [0.15, 0.2) is 5.78 Å². The summed E-state index contributed by atoms with van der Waals surface area (Å²) in [6.45, 7) is 0. The number of thioether (sulfide) groups is 1. The Morgan fingerprint density at radius 2 is 1.95 bits per heavy atom. The Morgan fingerprint density at radius 1 is 1.25 bits per heavy atom. The molecule has 0 fully saturated rings. The third-order valence-electron chi connectivity index (χ3n) is 2.95. The van der Waals surface area contributed by atoms with Gasteiger partial charge in [-0.1, -0.05) is 40.2 Å². The van der Waals surface area contributed by atoms with Crippen molar-refractivity contribution in [1.82, 2.24) is 0 Å². The standard InChI is InChI=1S/C16H12BrNOS/c1-20-14-7-5-11(6-8-14)16(19)15(10-18)12-3-2-4-13(17)9-12/h2-9,15H,1H3. The van der Waals surface area contributed by atoms with Crippen LogP contribution in [0.2, 0.25) is 0 Å². The second-order valence-electron chi connectivity index (χ2n) is 4.21. The van der Waals surface area contributed by atoms with Crippen LogP contribution in [0.3, 0.4) is 0 Å². The van der Waals surface area contributed by atoms with Crippen LogP contribution < -0.4 is 0 Å². The summed E-state index contributed by atoms with van der Waals surface area (Å²) < 4.78 is 0.862. The molecule has 0 heterocycles. The molecular formula is C16H12BrNOS. The minimum absolute atomic E-state index is 0.168. The van der Waals surface area contributed by atoms with Crippen molar-refractivity contribution >= 4 is 33.5 Å². The number of carbonyl (C=O) groups is 1.